The quantitative estimate of drug-likeness (QED) is 0.831. The Hall–Kier alpha value is -1.37. The van der Waals surface area contributed by atoms with Crippen molar-refractivity contribution in [2.75, 3.05) is 6.54 Å². The number of benzene rings is 1. The highest BCUT2D eigenvalue weighted by molar-refractivity contribution is 5.37. The lowest BCUT2D eigenvalue weighted by molar-refractivity contribution is -0.275. The lowest BCUT2D eigenvalue weighted by atomic mass is 10.0. The molecule has 0 bridgehead atoms. The van der Waals surface area contributed by atoms with Crippen LogP contribution in [-0.4, -0.2) is 19.1 Å². The molecule has 0 aromatic heterocycles. The van der Waals surface area contributed by atoms with E-state index in [0.717, 1.165) is 18.2 Å². The largest absolute Gasteiger partial charge is 0.573 e. The minimum atomic E-state index is -4.86. The van der Waals surface area contributed by atoms with E-state index in [0.29, 0.717) is 0 Å². The van der Waals surface area contributed by atoms with Crippen molar-refractivity contribution in [3.63, 3.8) is 0 Å². The number of hydrogen-bond acceptors (Lipinski definition) is 2. The first kappa shape index (κ1) is 13.1. The Morgan fingerprint density at radius 2 is 2.00 bits per heavy atom. The fraction of sp³-hybridized carbons (Fsp3) is 0.455. The second-order valence-electron chi connectivity index (χ2n) is 4.02. The Kier molecular flexibility index (Phi) is 3.43. The minimum Gasteiger partial charge on any atom is -0.405 e. The predicted octanol–water partition coefficient (Wildman–Crippen LogP) is 3.10. The van der Waals surface area contributed by atoms with Crippen molar-refractivity contribution in [2.24, 2.45) is 0 Å². The van der Waals surface area contributed by atoms with E-state index in [1.165, 1.54) is 0 Å². The molecule has 2 rings (SSSR count). The second kappa shape index (κ2) is 4.72. The molecule has 7 heteroatoms. The summed E-state index contributed by atoms with van der Waals surface area (Å²) in [6.07, 6.45) is -6.02. The van der Waals surface area contributed by atoms with Gasteiger partial charge in [0.1, 0.15) is 17.7 Å². The van der Waals surface area contributed by atoms with Gasteiger partial charge in [-0.2, -0.15) is 0 Å². The maximum atomic E-state index is 13.1. The van der Waals surface area contributed by atoms with Gasteiger partial charge in [0.15, 0.2) is 0 Å². The molecule has 1 aliphatic rings. The third-order valence-corrected chi connectivity index (χ3v) is 2.65. The topological polar surface area (TPSA) is 21.3 Å². The van der Waals surface area contributed by atoms with Crippen LogP contribution in [0.15, 0.2) is 18.2 Å². The van der Waals surface area contributed by atoms with Gasteiger partial charge in [-0.1, -0.05) is 0 Å². The summed E-state index contributed by atoms with van der Waals surface area (Å²) in [4.78, 5) is 0. The molecular weight excluding hydrogens is 257 g/mol. The van der Waals surface area contributed by atoms with E-state index < -0.39 is 30.1 Å². The molecule has 1 saturated heterocycles. The zero-order valence-electron chi connectivity index (χ0n) is 9.10. The maximum absolute atomic E-state index is 13.1. The molecule has 100 valence electrons. The highest BCUT2D eigenvalue weighted by Crippen LogP contribution is 2.35. The first-order chi connectivity index (χ1) is 8.35. The van der Waals surface area contributed by atoms with Crippen molar-refractivity contribution in [3.05, 3.63) is 29.6 Å². The first-order valence-electron chi connectivity index (χ1n) is 5.28. The number of hydrogen-bond donors (Lipinski definition) is 1. The molecule has 1 heterocycles. The summed E-state index contributed by atoms with van der Waals surface area (Å²) >= 11 is 0. The van der Waals surface area contributed by atoms with Crippen molar-refractivity contribution in [3.8, 4) is 5.75 Å². The van der Waals surface area contributed by atoms with Crippen molar-refractivity contribution < 1.29 is 26.7 Å². The zero-order valence-corrected chi connectivity index (χ0v) is 9.10. The normalized spacial score (nSPS) is 24.3. The summed E-state index contributed by atoms with van der Waals surface area (Å²) in [6.45, 7) is 0.0344. The van der Waals surface area contributed by atoms with Crippen molar-refractivity contribution >= 4 is 0 Å². The van der Waals surface area contributed by atoms with Gasteiger partial charge in [-0.25, -0.2) is 8.78 Å². The van der Waals surface area contributed by atoms with Crippen LogP contribution in [0.5, 0.6) is 5.75 Å². The van der Waals surface area contributed by atoms with Crippen LogP contribution in [0, 0.1) is 5.82 Å². The summed E-state index contributed by atoms with van der Waals surface area (Å²) in [7, 11) is 0. The van der Waals surface area contributed by atoms with Gasteiger partial charge in [0, 0.05) is 18.2 Å². The summed E-state index contributed by atoms with van der Waals surface area (Å²) < 4.78 is 66.4. The van der Waals surface area contributed by atoms with E-state index >= 15 is 0 Å². The molecule has 2 nitrogen and oxygen atoms in total. The molecule has 1 aliphatic heterocycles. The summed E-state index contributed by atoms with van der Waals surface area (Å²) in [5.41, 5.74) is -0.0209. The molecule has 2 atom stereocenters. The van der Waals surface area contributed by atoms with E-state index in [4.69, 9.17) is 0 Å². The number of ether oxygens (including phenoxy) is 1. The average molecular weight is 267 g/mol. The van der Waals surface area contributed by atoms with Gasteiger partial charge >= 0.3 is 6.36 Å². The molecule has 0 unspecified atom stereocenters. The Bertz CT molecular complexity index is 434. The Balaban J connectivity index is 2.29. The molecule has 18 heavy (non-hydrogen) atoms. The van der Waals surface area contributed by atoms with Gasteiger partial charge in [-0.15, -0.1) is 13.2 Å². The SMILES string of the molecule is Fc1ccc(OC(F)(F)F)c([C@H]2C[C@H](F)CN2)c1. The molecule has 1 aromatic carbocycles. The number of rotatable bonds is 2. The molecule has 1 aromatic rings. The van der Waals surface area contributed by atoms with Crippen LogP contribution in [0.3, 0.4) is 0 Å². The number of nitrogens with one attached hydrogen (secondary N) is 1. The van der Waals surface area contributed by atoms with Crippen LogP contribution in [0.4, 0.5) is 22.0 Å². The molecule has 1 N–H and O–H groups in total. The summed E-state index contributed by atoms with van der Waals surface area (Å²) in [6, 6.07) is 2.02. The number of alkyl halides is 4. The highest BCUT2D eigenvalue weighted by Gasteiger charge is 2.34. The lowest BCUT2D eigenvalue weighted by Gasteiger charge is -2.17. The first-order valence-corrected chi connectivity index (χ1v) is 5.28. The predicted molar refractivity (Wildman–Crippen MR) is 53.3 cm³/mol. The van der Waals surface area contributed by atoms with E-state index in [1.807, 2.05) is 0 Å². The van der Waals surface area contributed by atoms with Crippen molar-refractivity contribution in [1.82, 2.24) is 5.32 Å². The van der Waals surface area contributed by atoms with Gasteiger partial charge in [0.2, 0.25) is 0 Å². The van der Waals surface area contributed by atoms with Gasteiger partial charge < -0.3 is 10.1 Å². The standard InChI is InChI=1S/C11H10F5NO/c12-6-1-2-10(18-11(14,15)16)8(3-6)9-4-7(13)5-17-9/h1-3,7,9,17H,4-5H2/t7-,9+/m0/s1. The smallest absolute Gasteiger partial charge is 0.405 e. The van der Waals surface area contributed by atoms with E-state index in [1.54, 1.807) is 0 Å². The fourth-order valence-electron chi connectivity index (χ4n) is 1.94. The van der Waals surface area contributed by atoms with Gasteiger partial charge in [-0.05, 0) is 24.6 Å². The highest BCUT2D eigenvalue weighted by atomic mass is 19.4. The summed E-state index contributed by atoms with van der Waals surface area (Å²) in [5.74, 6) is -1.20. The van der Waals surface area contributed by atoms with Gasteiger partial charge in [0.25, 0.3) is 0 Å². The maximum Gasteiger partial charge on any atom is 0.573 e. The van der Waals surface area contributed by atoms with Crippen LogP contribution >= 0.6 is 0 Å². The van der Waals surface area contributed by atoms with Crippen molar-refractivity contribution in [2.45, 2.75) is 25.0 Å². The van der Waals surface area contributed by atoms with Crippen molar-refractivity contribution in [1.29, 1.82) is 0 Å². The van der Waals surface area contributed by atoms with Gasteiger partial charge in [0.05, 0.1) is 0 Å². The van der Waals surface area contributed by atoms with E-state index in [9.17, 15) is 22.0 Å². The third-order valence-electron chi connectivity index (χ3n) is 2.65. The fourth-order valence-corrected chi connectivity index (χ4v) is 1.94. The molecule has 0 amide bonds. The lowest BCUT2D eigenvalue weighted by Crippen LogP contribution is -2.21. The Morgan fingerprint density at radius 1 is 1.28 bits per heavy atom. The van der Waals surface area contributed by atoms with Crippen LogP contribution < -0.4 is 10.1 Å². The van der Waals surface area contributed by atoms with Crippen LogP contribution in [0.2, 0.25) is 0 Å². The monoisotopic (exact) mass is 267 g/mol. The average Bonchev–Trinajstić information content (AvgIpc) is 2.65. The Labute approximate surface area is 99.7 Å². The van der Waals surface area contributed by atoms with Crippen LogP contribution in [-0.2, 0) is 0 Å². The molecule has 0 aliphatic carbocycles. The van der Waals surface area contributed by atoms with Crippen LogP contribution in [0.1, 0.15) is 18.0 Å². The molecule has 0 saturated carbocycles. The second-order valence-corrected chi connectivity index (χ2v) is 4.02. The minimum absolute atomic E-state index is 0.00231. The summed E-state index contributed by atoms with van der Waals surface area (Å²) in [5, 5.41) is 2.69. The Morgan fingerprint density at radius 3 is 2.56 bits per heavy atom. The third kappa shape index (κ3) is 3.10. The van der Waals surface area contributed by atoms with Crippen LogP contribution in [0.25, 0.3) is 0 Å². The molecular formula is C11H10F5NO. The van der Waals surface area contributed by atoms with E-state index in [2.05, 4.69) is 10.1 Å². The molecule has 0 spiro atoms. The molecule has 0 radical (unpaired) electrons. The number of halogens is 5. The molecule has 1 fully saturated rings. The van der Waals surface area contributed by atoms with Gasteiger partial charge in [-0.3, -0.25) is 0 Å². The zero-order chi connectivity index (χ0) is 13.3. The van der Waals surface area contributed by atoms with E-state index in [-0.39, 0.29) is 18.5 Å².